The molecule has 0 aliphatic heterocycles. The van der Waals surface area contributed by atoms with Crippen molar-refractivity contribution in [1.29, 1.82) is 0 Å². The Morgan fingerprint density at radius 2 is 1.89 bits per heavy atom. The van der Waals surface area contributed by atoms with Gasteiger partial charge in [0.2, 0.25) is 0 Å². The Kier molecular flexibility index (Phi) is 6.28. The fraction of sp³-hybridized carbons (Fsp3) is 0.259. The third-order valence-electron chi connectivity index (χ3n) is 6.59. The van der Waals surface area contributed by atoms with Gasteiger partial charge in [-0.1, -0.05) is 31.0 Å². The molecule has 1 aliphatic carbocycles. The average Bonchev–Trinajstić information content (AvgIpc) is 3.53. The smallest absolute Gasteiger partial charge is 0.323 e. The lowest BCUT2D eigenvalue weighted by Gasteiger charge is -2.12. The molecule has 5 rings (SSSR count). The van der Waals surface area contributed by atoms with Crippen LogP contribution in [0, 0.1) is 6.92 Å². The van der Waals surface area contributed by atoms with Crippen molar-refractivity contribution in [3.8, 4) is 5.75 Å². The zero-order valence-electron chi connectivity index (χ0n) is 20.2. The first kappa shape index (κ1) is 23.3. The molecule has 4 N–H and O–H groups in total. The zero-order chi connectivity index (χ0) is 25.2. The van der Waals surface area contributed by atoms with E-state index in [1.807, 2.05) is 25.3 Å². The number of urea groups is 1. The second kappa shape index (κ2) is 9.69. The van der Waals surface area contributed by atoms with Gasteiger partial charge in [0.25, 0.3) is 0 Å². The number of ketones is 1. The van der Waals surface area contributed by atoms with E-state index in [1.165, 1.54) is 6.33 Å². The number of nitrogens with zero attached hydrogens (tertiary/aromatic N) is 3. The van der Waals surface area contributed by atoms with Crippen molar-refractivity contribution in [2.45, 2.75) is 38.6 Å². The number of amides is 2. The number of hydrogen-bond acceptors (Lipinski definition) is 6. The first-order chi connectivity index (χ1) is 17.4. The number of nitrogens with one attached hydrogen (secondary N) is 2. The van der Waals surface area contributed by atoms with Gasteiger partial charge in [-0.2, -0.15) is 0 Å². The Morgan fingerprint density at radius 1 is 1.08 bits per heavy atom. The maximum atomic E-state index is 13.6. The Balaban J connectivity index is 1.41. The highest BCUT2D eigenvalue weighted by Crippen LogP contribution is 2.35. The highest BCUT2D eigenvalue weighted by atomic mass is 16.5. The summed E-state index contributed by atoms with van der Waals surface area (Å²) in [6, 6.07) is 12.2. The van der Waals surface area contributed by atoms with Crippen molar-refractivity contribution in [3.63, 3.8) is 0 Å². The van der Waals surface area contributed by atoms with Gasteiger partial charge < -0.3 is 25.7 Å². The van der Waals surface area contributed by atoms with Crippen LogP contribution in [-0.4, -0.2) is 33.5 Å². The fourth-order valence-electron chi connectivity index (χ4n) is 4.84. The van der Waals surface area contributed by atoms with Gasteiger partial charge in [-0.05, 0) is 49.6 Å². The molecule has 2 aromatic heterocycles. The number of carbonyl (C=O) groups is 2. The molecular formula is C27H28N6O3. The molecular weight excluding hydrogens is 456 g/mol. The fourth-order valence-corrected chi connectivity index (χ4v) is 4.84. The summed E-state index contributed by atoms with van der Waals surface area (Å²) in [7, 11) is 1.55. The Hall–Kier alpha value is -4.40. The SMILES string of the molecule is COc1ccc(C)cc1NC(=O)Nc1cccc(C(=O)c2cn(C3CCCC3)c3ncnc(N)c23)c1. The van der Waals surface area contributed by atoms with Crippen LogP contribution in [0.1, 0.15) is 53.2 Å². The molecule has 4 aromatic rings. The van der Waals surface area contributed by atoms with Crippen LogP contribution in [0.15, 0.2) is 55.0 Å². The summed E-state index contributed by atoms with van der Waals surface area (Å²) in [5, 5.41) is 6.16. The molecule has 2 aromatic carbocycles. The number of ether oxygens (including phenoxy) is 1. The molecule has 0 spiro atoms. The minimum Gasteiger partial charge on any atom is -0.495 e. The number of rotatable bonds is 6. The second-order valence-electron chi connectivity index (χ2n) is 9.04. The Labute approximate surface area is 208 Å². The van der Waals surface area contributed by atoms with E-state index in [1.54, 1.807) is 37.4 Å². The predicted octanol–water partition coefficient (Wildman–Crippen LogP) is 5.32. The molecule has 0 atom stereocenters. The molecule has 9 heteroatoms. The van der Waals surface area contributed by atoms with Gasteiger partial charge >= 0.3 is 6.03 Å². The van der Waals surface area contributed by atoms with Gasteiger partial charge in [0.05, 0.1) is 23.7 Å². The number of fused-ring (bicyclic) bond motifs is 1. The second-order valence-corrected chi connectivity index (χ2v) is 9.04. The summed E-state index contributed by atoms with van der Waals surface area (Å²) in [6.45, 7) is 1.93. The molecule has 0 bridgehead atoms. The van der Waals surface area contributed by atoms with E-state index in [2.05, 4.69) is 25.2 Å². The topological polar surface area (TPSA) is 124 Å². The third kappa shape index (κ3) is 4.47. The first-order valence-corrected chi connectivity index (χ1v) is 11.9. The van der Waals surface area contributed by atoms with Crippen molar-refractivity contribution < 1.29 is 14.3 Å². The molecule has 1 fully saturated rings. The molecule has 0 radical (unpaired) electrons. The van der Waals surface area contributed by atoms with Crippen molar-refractivity contribution >= 4 is 40.0 Å². The minimum atomic E-state index is -0.445. The van der Waals surface area contributed by atoms with E-state index in [0.717, 1.165) is 31.2 Å². The number of aryl methyl sites for hydroxylation is 1. The van der Waals surface area contributed by atoms with Crippen molar-refractivity contribution in [1.82, 2.24) is 14.5 Å². The van der Waals surface area contributed by atoms with Gasteiger partial charge in [0, 0.05) is 23.5 Å². The first-order valence-electron chi connectivity index (χ1n) is 11.9. The summed E-state index contributed by atoms with van der Waals surface area (Å²) in [5.41, 5.74) is 9.78. The van der Waals surface area contributed by atoms with Gasteiger partial charge in [-0.25, -0.2) is 14.8 Å². The van der Waals surface area contributed by atoms with Crippen LogP contribution in [0.4, 0.5) is 22.0 Å². The summed E-state index contributed by atoms with van der Waals surface area (Å²) in [4.78, 5) is 34.9. The van der Waals surface area contributed by atoms with Crippen LogP contribution in [-0.2, 0) is 0 Å². The number of nitrogen functional groups attached to an aromatic ring is 1. The number of anilines is 3. The van der Waals surface area contributed by atoms with Crippen LogP contribution in [0.3, 0.4) is 0 Å². The number of hydrogen-bond donors (Lipinski definition) is 3. The number of carbonyl (C=O) groups excluding carboxylic acids is 2. The van der Waals surface area contributed by atoms with E-state index in [-0.39, 0.29) is 11.6 Å². The van der Waals surface area contributed by atoms with E-state index in [4.69, 9.17) is 10.5 Å². The minimum absolute atomic E-state index is 0.206. The van der Waals surface area contributed by atoms with Crippen LogP contribution in [0.25, 0.3) is 11.0 Å². The third-order valence-corrected chi connectivity index (χ3v) is 6.59. The summed E-state index contributed by atoms with van der Waals surface area (Å²) >= 11 is 0. The van der Waals surface area contributed by atoms with Crippen LogP contribution >= 0.6 is 0 Å². The number of methoxy groups -OCH3 is 1. The van der Waals surface area contributed by atoms with Crippen LogP contribution < -0.4 is 21.1 Å². The van der Waals surface area contributed by atoms with E-state index >= 15 is 0 Å². The molecule has 1 saturated carbocycles. The average molecular weight is 485 g/mol. The lowest BCUT2D eigenvalue weighted by Crippen LogP contribution is -2.20. The number of benzene rings is 2. The molecule has 36 heavy (non-hydrogen) atoms. The van der Waals surface area contributed by atoms with Crippen molar-refractivity contribution in [2.75, 3.05) is 23.5 Å². The van der Waals surface area contributed by atoms with E-state index < -0.39 is 6.03 Å². The highest BCUT2D eigenvalue weighted by Gasteiger charge is 2.25. The Morgan fingerprint density at radius 3 is 2.67 bits per heavy atom. The van der Waals surface area contributed by atoms with Gasteiger partial charge in [0.1, 0.15) is 23.5 Å². The van der Waals surface area contributed by atoms with Crippen LogP contribution in [0.2, 0.25) is 0 Å². The largest absolute Gasteiger partial charge is 0.495 e. The molecule has 2 amide bonds. The number of nitrogens with two attached hydrogens (primary N) is 1. The van der Waals surface area contributed by atoms with Crippen molar-refractivity contribution in [2.24, 2.45) is 0 Å². The summed E-state index contributed by atoms with van der Waals surface area (Å²) < 4.78 is 7.39. The Bertz CT molecular complexity index is 1460. The lowest BCUT2D eigenvalue weighted by molar-refractivity contribution is 0.104. The maximum absolute atomic E-state index is 13.6. The molecule has 1 aliphatic rings. The van der Waals surface area contributed by atoms with Gasteiger partial charge in [-0.3, -0.25) is 4.79 Å². The predicted molar refractivity (Wildman–Crippen MR) is 140 cm³/mol. The lowest BCUT2D eigenvalue weighted by atomic mass is 10.0. The standard InChI is InChI=1S/C27H28N6O3/c1-16-10-11-22(36-2)21(12-16)32-27(35)31-18-7-5-6-17(13-18)24(34)20-14-33(19-8-3-4-9-19)26-23(20)25(28)29-15-30-26/h5-7,10-15,19H,3-4,8-9H2,1-2H3,(H2,28,29,30)(H2,31,32,35). The summed E-state index contributed by atoms with van der Waals surface area (Å²) in [6.07, 6.45) is 7.68. The quantitative estimate of drug-likeness (QED) is 0.318. The molecule has 2 heterocycles. The summed E-state index contributed by atoms with van der Waals surface area (Å²) in [5.74, 6) is 0.627. The van der Waals surface area contributed by atoms with Gasteiger partial charge in [-0.15, -0.1) is 0 Å². The van der Waals surface area contributed by atoms with E-state index in [9.17, 15) is 9.59 Å². The normalized spacial score (nSPS) is 13.6. The maximum Gasteiger partial charge on any atom is 0.323 e. The molecule has 184 valence electrons. The molecule has 9 nitrogen and oxygen atoms in total. The monoisotopic (exact) mass is 484 g/mol. The molecule has 0 unspecified atom stereocenters. The zero-order valence-corrected chi connectivity index (χ0v) is 20.2. The highest BCUT2D eigenvalue weighted by molar-refractivity contribution is 6.18. The number of aromatic nitrogens is 3. The van der Waals surface area contributed by atoms with E-state index in [0.29, 0.717) is 45.3 Å². The van der Waals surface area contributed by atoms with Crippen molar-refractivity contribution in [3.05, 3.63) is 71.7 Å². The van der Waals surface area contributed by atoms with Crippen LogP contribution in [0.5, 0.6) is 5.75 Å². The van der Waals surface area contributed by atoms with Gasteiger partial charge in [0.15, 0.2) is 5.78 Å². The molecule has 0 saturated heterocycles.